The molecule has 1 aromatic heterocycles. The van der Waals surface area contributed by atoms with E-state index in [9.17, 15) is 18.0 Å². The molecule has 0 atom stereocenters. The number of benzene rings is 3. The highest BCUT2D eigenvalue weighted by Gasteiger charge is 2.42. The second-order valence-electron chi connectivity index (χ2n) is 10.8. The highest BCUT2D eigenvalue weighted by molar-refractivity contribution is 7.90. The third-order valence-electron chi connectivity index (χ3n) is 7.67. The van der Waals surface area contributed by atoms with E-state index in [4.69, 9.17) is 27.9 Å². The van der Waals surface area contributed by atoms with Gasteiger partial charge in [0.25, 0.3) is 5.91 Å². The second-order valence-corrected chi connectivity index (χ2v) is 15.0. The monoisotopic (exact) mass is 670 g/mol. The van der Waals surface area contributed by atoms with Crippen molar-refractivity contribution in [2.75, 3.05) is 31.7 Å². The number of rotatable bonds is 10. The summed E-state index contributed by atoms with van der Waals surface area (Å²) < 4.78 is 28.5. The molecule has 2 N–H and O–H groups in total. The Hall–Kier alpha value is -3.21. The molecule has 1 aliphatic heterocycles. The smallest absolute Gasteiger partial charge is 0.267 e. The highest BCUT2D eigenvalue weighted by Crippen LogP contribution is 2.43. The average molecular weight is 672 g/mol. The van der Waals surface area contributed by atoms with Gasteiger partial charge in [-0.25, -0.2) is 8.42 Å². The van der Waals surface area contributed by atoms with Gasteiger partial charge in [-0.1, -0.05) is 59.6 Å². The van der Waals surface area contributed by atoms with Crippen LogP contribution in [0.25, 0.3) is 21.6 Å². The largest absolute Gasteiger partial charge is 0.494 e. The van der Waals surface area contributed by atoms with Crippen molar-refractivity contribution >= 4 is 56.2 Å². The third kappa shape index (κ3) is 7.53. The van der Waals surface area contributed by atoms with E-state index >= 15 is 0 Å². The van der Waals surface area contributed by atoms with E-state index in [1.165, 1.54) is 17.6 Å². The molecule has 0 unspecified atom stereocenters. The van der Waals surface area contributed by atoms with Crippen LogP contribution in [0.2, 0.25) is 10.0 Å². The van der Waals surface area contributed by atoms with E-state index in [1.807, 2.05) is 48.5 Å². The fraction of sp³-hybridized carbons (Fsp3) is 0.273. The number of carbonyl (C=O) groups is 2. The maximum atomic E-state index is 13.8. The molecule has 0 spiro atoms. The molecule has 2 amide bonds. The van der Waals surface area contributed by atoms with Crippen molar-refractivity contribution in [2.45, 2.75) is 24.7 Å². The first-order valence-electron chi connectivity index (χ1n) is 14.2. The normalized spacial score (nSPS) is 14.6. The van der Waals surface area contributed by atoms with Gasteiger partial charge in [-0.2, -0.15) is 0 Å². The zero-order valence-corrected chi connectivity index (χ0v) is 27.2. The zero-order valence-electron chi connectivity index (χ0n) is 24.1. The lowest BCUT2D eigenvalue weighted by molar-refractivity contribution is -0.126. The van der Waals surface area contributed by atoms with E-state index in [1.54, 1.807) is 30.3 Å². The number of nitrogens with one attached hydrogen (secondary N) is 2. The van der Waals surface area contributed by atoms with Gasteiger partial charge in [-0.05, 0) is 85.9 Å². The summed E-state index contributed by atoms with van der Waals surface area (Å²) in [6, 6.07) is 23.9. The van der Waals surface area contributed by atoms with Crippen LogP contribution in [0.4, 0.5) is 0 Å². The van der Waals surface area contributed by atoms with Gasteiger partial charge in [0, 0.05) is 32.3 Å². The molecule has 3 aromatic carbocycles. The SMILES string of the molecule is CS(=O)(=O)CCCOc1ccc(-c2sc(C(=O)NC(=O)C3(c4ccccc4)CCNCC3)cc2-c2ccc(Cl)cc2Cl)cc1. The minimum Gasteiger partial charge on any atom is -0.494 e. The van der Waals surface area contributed by atoms with E-state index in [0.29, 0.717) is 58.6 Å². The Bertz CT molecular complexity index is 1750. The van der Waals surface area contributed by atoms with Crippen LogP contribution in [-0.2, 0) is 20.0 Å². The summed E-state index contributed by atoms with van der Waals surface area (Å²) >= 11 is 14.0. The van der Waals surface area contributed by atoms with Gasteiger partial charge in [-0.3, -0.25) is 14.9 Å². The summed E-state index contributed by atoms with van der Waals surface area (Å²) in [5.41, 5.74) is 2.35. The lowest BCUT2D eigenvalue weighted by Gasteiger charge is -2.36. The van der Waals surface area contributed by atoms with Crippen LogP contribution in [0.1, 0.15) is 34.5 Å². The molecule has 0 saturated carbocycles. The van der Waals surface area contributed by atoms with Crippen LogP contribution >= 0.6 is 34.5 Å². The number of halogens is 2. The van der Waals surface area contributed by atoms with Gasteiger partial charge >= 0.3 is 0 Å². The molecule has 7 nitrogen and oxygen atoms in total. The van der Waals surface area contributed by atoms with Crippen molar-refractivity contribution in [3.63, 3.8) is 0 Å². The molecule has 1 saturated heterocycles. The Morgan fingerprint density at radius 2 is 1.66 bits per heavy atom. The Kier molecular flexibility index (Phi) is 10.1. The molecule has 0 aliphatic carbocycles. The minimum atomic E-state index is -3.05. The van der Waals surface area contributed by atoms with Gasteiger partial charge in [-0.15, -0.1) is 11.3 Å². The van der Waals surface area contributed by atoms with Gasteiger partial charge in [0.1, 0.15) is 15.6 Å². The molecule has 4 aromatic rings. The number of thiophene rings is 1. The predicted molar refractivity (Wildman–Crippen MR) is 178 cm³/mol. The molecule has 5 rings (SSSR count). The molecule has 230 valence electrons. The van der Waals surface area contributed by atoms with Crippen LogP contribution in [0.15, 0.2) is 78.9 Å². The second kappa shape index (κ2) is 13.8. The number of hydrogen-bond acceptors (Lipinski definition) is 7. The van der Waals surface area contributed by atoms with Crippen molar-refractivity contribution < 1.29 is 22.7 Å². The van der Waals surface area contributed by atoms with Crippen LogP contribution in [0.5, 0.6) is 5.75 Å². The molecule has 0 radical (unpaired) electrons. The number of sulfone groups is 1. The van der Waals surface area contributed by atoms with E-state index < -0.39 is 21.2 Å². The van der Waals surface area contributed by atoms with E-state index in [-0.39, 0.29) is 18.3 Å². The van der Waals surface area contributed by atoms with E-state index in [0.717, 1.165) is 21.6 Å². The predicted octanol–water partition coefficient (Wildman–Crippen LogP) is 6.78. The van der Waals surface area contributed by atoms with Crippen molar-refractivity contribution in [3.8, 4) is 27.3 Å². The number of piperidine rings is 1. The quantitative estimate of drug-likeness (QED) is 0.142. The fourth-order valence-corrected chi connectivity index (χ4v) is 7.61. The first kappa shape index (κ1) is 32.2. The molecule has 1 aliphatic rings. The van der Waals surface area contributed by atoms with Crippen LogP contribution in [-0.4, -0.2) is 51.9 Å². The molecule has 2 heterocycles. The van der Waals surface area contributed by atoms with Gasteiger partial charge in [0.15, 0.2) is 0 Å². The number of ether oxygens (including phenoxy) is 1. The summed E-state index contributed by atoms with van der Waals surface area (Å²) in [5, 5.41) is 6.94. The number of hydrogen-bond donors (Lipinski definition) is 2. The van der Waals surface area contributed by atoms with Crippen molar-refractivity contribution in [1.82, 2.24) is 10.6 Å². The molecule has 0 bridgehead atoms. The van der Waals surface area contributed by atoms with E-state index in [2.05, 4.69) is 10.6 Å². The van der Waals surface area contributed by atoms with Gasteiger partial charge < -0.3 is 10.1 Å². The molecular formula is C33H32Cl2N2O5S2. The molecule has 1 fully saturated rings. The van der Waals surface area contributed by atoms with Crippen molar-refractivity contribution in [1.29, 1.82) is 0 Å². The van der Waals surface area contributed by atoms with Crippen molar-refractivity contribution in [2.24, 2.45) is 0 Å². The number of imide groups is 1. The third-order valence-corrected chi connectivity index (χ3v) is 10.4. The topological polar surface area (TPSA) is 102 Å². The minimum absolute atomic E-state index is 0.0577. The standard InChI is InChI=1S/C33H32Cl2N2O5S2/c1-44(40,41)19-5-18-42-25-11-8-22(9-12-25)30-27(26-13-10-24(34)20-28(26)35)21-29(43-30)31(38)37-32(39)33(14-16-36-17-15-33)23-6-3-2-4-7-23/h2-4,6-13,20-21,36H,5,14-19H2,1H3,(H,37,38,39). The Labute approximate surface area is 271 Å². The Balaban J connectivity index is 1.43. The summed E-state index contributed by atoms with van der Waals surface area (Å²) in [4.78, 5) is 28.6. The maximum absolute atomic E-state index is 13.8. The summed E-state index contributed by atoms with van der Waals surface area (Å²) in [6.45, 7) is 1.63. The summed E-state index contributed by atoms with van der Waals surface area (Å²) in [5.74, 6) is -0.130. The fourth-order valence-electron chi connectivity index (χ4n) is 5.38. The number of carbonyl (C=O) groups excluding carboxylic acids is 2. The number of amides is 2. The first-order valence-corrected chi connectivity index (χ1v) is 17.8. The van der Waals surface area contributed by atoms with Crippen LogP contribution in [0, 0.1) is 0 Å². The van der Waals surface area contributed by atoms with Crippen LogP contribution < -0.4 is 15.4 Å². The maximum Gasteiger partial charge on any atom is 0.267 e. The Morgan fingerprint density at radius 1 is 0.955 bits per heavy atom. The van der Waals surface area contributed by atoms with Crippen LogP contribution in [0.3, 0.4) is 0 Å². The molecule has 44 heavy (non-hydrogen) atoms. The van der Waals surface area contributed by atoms with Gasteiger partial charge in [0.05, 0.1) is 22.7 Å². The Morgan fingerprint density at radius 3 is 2.32 bits per heavy atom. The molecular weight excluding hydrogens is 639 g/mol. The average Bonchev–Trinajstić information content (AvgIpc) is 3.45. The van der Waals surface area contributed by atoms with Crippen molar-refractivity contribution in [3.05, 3.63) is 99.3 Å². The first-order chi connectivity index (χ1) is 21.1. The lowest BCUT2D eigenvalue weighted by Crippen LogP contribution is -2.52. The summed E-state index contributed by atoms with van der Waals surface area (Å²) in [7, 11) is -3.05. The lowest BCUT2D eigenvalue weighted by atomic mass is 9.72. The summed E-state index contributed by atoms with van der Waals surface area (Å²) in [6.07, 6.45) is 2.76. The zero-order chi connectivity index (χ0) is 31.3. The van der Waals surface area contributed by atoms with Gasteiger partial charge in [0.2, 0.25) is 5.91 Å². The molecule has 11 heteroatoms. The highest BCUT2D eigenvalue weighted by atomic mass is 35.5.